The van der Waals surface area contributed by atoms with Crippen molar-refractivity contribution >= 4 is 11.8 Å². The normalized spacial score (nSPS) is 22.6. The Morgan fingerprint density at radius 3 is 2.89 bits per heavy atom. The van der Waals surface area contributed by atoms with Crippen molar-refractivity contribution < 1.29 is 14.0 Å². The number of carbonyl (C=O) groups excluding carboxylic acids is 2. The van der Waals surface area contributed by atoms with Crippen LogP contribution < -0.4 is 11.1 Å². The Morgan fingerprint density at radius 1 is 1.58 bits per heavy atom. The van der Waals surface area contributed by atoms with E-state index in [0.717, 1.165) is 5.56 Å². The number of nitrogens with zero attached hydrogens (tertiary/aromatic N) is 1. The minimum Gasteiger partial charge on any atom is -0.459 e. The Morgan fingerprint density at radius 2 is 2.32 bits per heavy atom. The highest BCUT2D eigenvalue weighted by Crippen LogP contribution is 2.21. The average Bonchev–Trinajstić information content (AvgIpc) is 2.95. The topological polar surface area (TPSA) is 88.6 Å². The maximum absolute atomic E-state index is 12.4. The maximum atomic E-state index is 12.4. The van der Waals surface area contributed by atoms with Crippen molar-refractivity contribution in [3.05, 3.63) is 23.7 Å². The zero-order chi connectivity index (χ0) is 14.0. The third-order valence-electron chi connectivity index (χ3n) is 3.30. The lowest BCUT2D eigenvalue weighted by molar-refractivity contribution is -0.124. The molecule has 6 heteroatoms. The number of amides is 2. The molecule has 2 amide bonds. The van der Waals surface area contributed by atoms with Gasteiger partial charge in [0.15, 0.2) is 5.76 Å². The summed E-state index contributed by atoms with van der Waals surface area (Å²) in [5.74, 6) is -0.150. The Bertz CT molecular complexity index is 483. The minimum atomic E-state index is -0.507. The van der Waals surface area contributed by atoms with Gasteiger partial charge < -0.3 is 20.4 Å². The van der Waals surface area contributed by atoms with Crippen LogP contribution in [0.3, 0.4) is 0 Å². The number of nitrogens with one attached hydrogen (secondary N) is 1. The van der Waals surface area contributed by atoms with Gasteiger partial charge in [-0.1, -0.05) is 0 Å². The fraction of sp³-hybridized carbons (Fsp3) is 0.538. The first-order valence-electron chi connectivity index (χ1n) is 6.43. The van der Waals surface area contributed by atoms with E-state index in [2.05, 4.69) is 5.32 Å². The quantitative estimate of drug-likeness (QED) is 0.820. The molecule has 0 bridgehead atoms. The molecule has 6 nitrogen and oxygen atoms in total. The number of rotatable bonds is 3. The smallest absolute Gasteiger partial charge is 0.290 e. The highest BCUT2D eigenvalue weighted by atomic mass is 16.3. The van der Waals surface area contributed by atoms with Crippen LogP contribution in [0.15, 0.2) is 16.7 Å². The summed E-state index contributed by atoms with van der Waals surface area (Å²) in [5, 5.41) is 2.73. The largest absolute Gasteiger partial charge is 0.459 e. The van der Waals surface area contributed by atoms with Gasteiger partial charge in [-0.25, -0.2) is 0 Å². The first-order valence-corrected chi connectivity index (χ1v) is 6.43. The van der Waals surface area contributed by atoms with Gasteiger partial charge in [0, 0.05) is 24.7 Å². The van der Waals surface area contributed by atoms with E-state index in [1.165, 1.54) is 11.2 Å². The summed E-state index contributed by atoms with van der Waals surface area (Å²) in [5.41, 5.74) is 6.64. The first kappa shape index (κ1) is 13.6. The average molecular weight is 265 g/mol. The fourth-order valence-corrected chi connectivity index (χ4v) is 2.36. The van der Waals surface area contributed by atoms with E-state index < -0.39 is 6.04 Å². The van der Waals surface area contributed by atoms with Gasteiger partial charge >= 0.3 is 0 Å². The molecule has 2 atom stereocenters. The lowest BCUT2D eigenvalue weighted by atomic mass is 10.1. The molecule has 2 rings (SSSR count). The maximum Gasteiger partial charge on any atom is 0.290 e. The zero-order valence-electron chi connectivity index (χ0n) is 11.2. The highest BCUT2D eigenvalue weighted by Gasteiger charge is 2.39. The second kappa shape index (κ2) is 5.44. The molecule has 0 spiro atoms. The molecule has 104 valence electrons. The monoisotopic (exact) mass is 265 g/mol. The number of carbonyl (C=O) groups is 2. The van der Waals surface area contributed by atoms with Crippen molar-refractivity contribution in [1.82, 2.24) is 10.2 Å². The molecule has 0 saturated carbocycles. The van der Waals surface area contributed by atoms with E-state index in [-0.39, 0.29) is 23.6 Å². The predicted octanol–water partition coefficient (Wildman–Crippen LogP) is 0.266. The molecule has 0 unspecified atom stereocenters. The number of furan rings is 1. The van der Waals surface area contributed by atoms with Gasteiger partial charge in [-0.05, 0) is 26.3 Å². The SMILES string of the molecule is CCNC(=O)[C@@H]1C[C@H](N)CN1C(=O)c1occc1C. The first-order chi connectivity index (χ1) is 9.04. The molecule has 1 aliphatic heterocycles. The van der Waals surface area contributed by atoms with E-state index >= 15 is 0 Å². The summed E-state index contributed by atoms with van der Waals surface area (Å²) >= 11 is 0. The van der Waals surface area contributed by atoms with Gasteiger partial charge in [-0.15, -0.1) is 0 Å². The van der Waals surface area contributed by atoms with Crippen LogP contribution in [0.25, 0.3) is 0 Å². The van der Waals surface area contributed by atoms with Crippen molar-refractivity contribution in [1.29, 1.82) is 0 Å². The summed E-state index contributed by atoms with van der Waals surface area (Å²) < 4.78 is 5.20. The summed E-state index contributed by atoms with van der Waals surface area (Å²) in [6.07, 6.45) is 1.96. The van der Waals surface area contributed by atoms with Gasteiger partial charge in [0.1, 0.15) is 6.04 Å². The van der Waals surface area contributed by atoms with Crippen LogP contribution in [0.5, 0.6) is 0 Å². The van der Waals surface area contributed by atoms with Gasteiger partial charge in [-0.2, -0.15) is 0 Å². The third-order valence-corrected chi connectivity index (χ3v) is 3.30. The molecule has 0 aromatic carbocycles. The Kier molecular flexibility index (Phi) is 3.90. The van der Waals surface area contributed by atoms with Crippen LogP contribution in [0.2, 0.25) is 0 Å². The molecule has 1 aliphatic rings. The van der Waals surface area contributed by atoms with Crippen LogP contribution in [0.4, 0.5) is 0 Å². The third kappa shape index (κ3) is 2.63. The van der Waals surface area contributed by atoms with E-state index in [1.54, 1.807) is 13.0 Å². The molecule has 1 saturated heterocycles. The van der Waals surface area contributed by atoms with Gasteiger partial charge in [0.25, 0.3) is 5.91 Å². The van der Waals surface area contributed by atoms with Crippen molar-refractivity contribution in [3.63, 3.8) is 0 Å². The molecule has 0 radical (unpaired) electrons. The Balaban J connectivity index is 2.19. The van der Waals surface area contributed by atoms with Crippen LogP contribution in [0, 0.1) is 6.92 Å². The molecular formula is C13H19N3O3. The summed E-state index contributed by atoms with van der Waals surface area (Å²) in [6.45, 7) is 4.55. The summed E-state index contributed by atoms with van der Waals surface area (Å²) in [7, 11) is 0. The van der Waals surface area contributed by atoms with E-state index in [9.17, 15) is 9.59 Å². The fourth-order valence-electron chi connectivity index (χ4n) is 2.36. The second-order valence-electron chi connectivity index (χ2n) is 4.80. The van der Waals surface area contributed by atoms with Crippen molar-refractivity contribution in [2.45, 2.75) is 32.4 Å². The number of likely N-dealkylation sites (tertiary alicyclic amines) is 1. The number of hydrogen-bond acceptors (Lipinski definition) is 4. The van der Waals surface area contributed by atoms with E-state index in [4.69, 9.17) is 10.2 Å². The van der Waals surface area contributed by atoms with E-state index in [1.807, 2.05) is 6.92 Å². The van der Waals surface area contributed by atoms with Gasteiger partial charge in [0.05, 0.1) is 6.26 Å². The minimum absolute atomic E-state index is 0.159. The molecule has 0 aliphatic carbocycles. The van der Waals surface area contributed by atoms with Crippen LogP contribution in [-0.4, -0.2) is 41.9 Å². The molecule has 1 aromatic rings. The molecule has 1 fully saturated rings. The molecule has 3 N–H and O–H groups in total. The number of likely N-dealkylation sites (N-methyl/N-ethyl adjacent to an activating group) is 1. The van der Waals surface area contributed by atoms with Gasteiger partial charge in [0.2, 0.25) is 5.91 Å². The molecule has 1 aromatic heterocycles. The van der Waals surface area contributed by atoms with Gasteiger partial charge in [-0.3, -0.25) is 9.59 Å². The van der Waals surface area contributed by atoms with Crippen molar-refractivity contribution in [3.8, 4) is 0 Å². The highest BCUT2D eigenvalue weighted by molar-refractivity contribution is 5.97. The lowest BCUT2D eigenvalue weighted by Gasteiger charge is -2.22. The standard InChI is InChI=1S/C13H19N3O3/c1-3-15-12(17)10-6-9(14)7-16(10)13(18)11-8(2)4-5-19-11/h4-5,9-10H,3,6-7,14H2,1-2H3,(H,15,17)/t9-,10-/m0/s1. The summed E-state index contributed by atoms with van der Waals surface area (Å²) in [6, 6.07) is 1.04. The number of aryl methyl sites for hydroxylation is 1. The molecule has 19 heavy (non-hydrogen) atoms. The predicted molar refractivity (Wildman–Crippen MR) is 69.5 cm³/mol. The van der Waals surface area contributed by atoms with Crippen molar-refractivity contribution in [2.24, 2.45) is 5.73 Å². The van der Waals surface area contributed by atoms with Crippen LogP contribution in [-0.2, 0) is 4.79 Å². The molecule has 2 heterocycles. The number of nitrogens with two attached hydrogens (primary N) is 1. The van der Waals surface area contributed by atoms with Crippen LogP contribution in [0.1, 0.15) is 29.5 Å². The molecular weight excluding hydrogens is 246 g/mol. The Hall–Kier alpha value is -1.82. The van der Waals surface area contributed by atoms with Crippen LogP contribution >= 0.6 is 0 Å². The second-order valence-corrected chi connectivity index (χ2v) is 4.80. The number of hydrogen-bond donors (Lipinski definition) is 2. The lowest BCUT2D eigenvalue weighted by Crippen LogP contribution is -2.46. The zero-order valence-corrected chi connectivity index (χ0v) is 11.2. The summed E-state index contributed by atoms with van der Waals surface area (Å²) in [4.78, 5) is 25.9. The van der Waals surface area contributed by atoms with Crippen molar-refractivity contribution in [2.75, 3.05) is 13.1 Å². The van der Waals surface area contributed by atoms with E-state index in [0.29, 0.717) is 19.5 Å². The Labute approximate surface area is 111 Å².